The van der Waals surface area contributed by atoms with Crippen molar-refractivity contribution in [2.24, 2.45) is 0 Å². The highest BCUT2D eigenvalue weighted by atomic mass is 32.1. The maximum Gasteiger partial charge on any atom is 0.253 e. The molecule has 6 nitrogen and oxygen atoms in total. The van der Waals surface area contributed by atoms with Crippen LogP contribution in [-0.4, -0.2) is 62.0 Å². The van der Waals surface area contributed by atoms with E-state index in [0.29, 0.717) is 18.1 Å². The summed E-state index contributed by atoms with van der Waals surface area (Å²) in [4.78, 5) is 27.7. The van der Waals surface area contributed by atoms with Gasteiger partial charge in [-0.2, -0.15) is 0 Å². The smallest absolute Gasteiger partial charge is 0.253 e. The third-order valence-corrected chi connectivity index (χ3v) is 11.6. The van der Waals surface area contributed by atoms with E-state index in [0.717, 1.165) is 66.0 Å². The second-order valence-corrected chi connectivity index (χ2v) is 13.9. The average molecular weight is 590 g/mol. The number of thiazole rings is 1. The van der Waals surface area contributed by atoms with Crippen molar-refractivity contribution in [2.45, 2.75) is 75.4 Å². The van der Waals surface area contributed by atoms with Gasteiger partial charge < -0.3 is 9.47 Å². The zero-order valence-electron chi connectivity index (χ0n) is 24.9. The molecule has 3 atom stereocenters. The van der Waals surface area contributed by atoms with Crippen LogP contribution in [0.5, 0.6) is 0 Å². The van der Waals surface area contributed by atoms with Crippen LogP contribution in [0.15, 0.2) is 78.3 Å². The molecule has 5 aromatic rings. The number of nitrogens with zero attached hydrogens (tertiary/aromatic N) is 5. The average Bonchev–Trinajstić information content (AvgIpc) is 3.72. The predicted octanol–water partition coefficient (Wildman–Crippen LogP) is 7.39. The van der Waals surface area contributed by atoms with E-state index in [4.69, 9.17) is 4.98 Å². The van der Waals surface area contributed by atoms with Crippen molar-refractivity contribution in [2.75, 3.05) is 19.6 Å². The molecule has 220 valence electrons. The zero-order chi connectivity index (χ0) is 29.0. The molecule has 0 radical (unpaired) electrons. The molecule has 0 unspecified atom stereocenters. The molecule has 0 aliphatic carbocycles. The van der Waals surface area contributed by atoms with Crippen molar-refractivity contribution in [3.8, 4) is 0 Å². The first-order valence-corrected chi connectivity index (χ1v) is 16.8. The summed E-state index contributed by atoms with van der Waals surface area (Å²) in [5.41, 5.74) is 7.55. The lowest BCUT2D eigenvalue weighted by Gasteiger charge is -2.45. The molecule has 2 bridgehead atoms. The molecular weight excluding hydrogens is 550 g/mol. The fraction of sp³-hybridized carbons (Fsp3) is 0.417. The van der Waals surface area contributed by atoms with Crippen molar-refractivity contribution >= 4 is 38.5 Å². The van der Waals surface area contributed by atoms with E-state index < -0.39 is 0 Å². The van der Waals surface area contributed by atoms with Crippen molar-refractivity contribution in [3.63, 3.8) is 0 Å². The molecule has 3 fully saturated rings. The van der Waals surface area contributed by atoms with Gasteiger partial charge in [0.05, 0.1) is 26.8 Å². The first-order valence-electron chi connectivity index (χ1n) is 16.0. The molecule has 0 saturated carbocycles. The van der Waals surface area contributed by atoms with Gasteiger partial charge in [0.25, 0.3) is 5.91 Å². The first-order chi connectivity index (χ1) is 21.1. The van der Waals surface area contributed by atoms with Crippen LogP contribution >= 0.6 is 11.3 Å². The number of rotatable bonds is 6. The number of aryl methyl sites for hydroxylation is 1. The highest BCUT2D eigenvalue weighted by Gasteiger charge is 2.44. The summed E-state index contributed by atoms with van der Waals surface area (Å²) >= 11 is 1.60. The van der Waals surface area contributed by atoms with Crippen molar-refractivity contribution in [1.82, 2.24) is 24.3 Å². The van der Waals surface area contributed by atoms with Gasteiger partial charge in [0.2, 0.25) is 0 Å². The molecule has 43 heavy (non-hydrogen) atoms. The molecule has 0 N–H and O–H groups in total. The normalized spacial score (nSPS) is 23.7. The van der Waals surface area contributed by atoms with Gasteiger partial charge in [-0.25, -0.2) is 9.97 Å². The molecule has 7 heteroatoms. The maximum atomic E-state index is 13.5. The summed E-state index contributed by atoms with van der Waals surface area (Å²) in [6.45, 7) is 4.91. The molecular formula is C36H39N5OS. The Kier molecular flexibility index (Phi) is 6.83. The summed E-state index contributed by atoms with van der Waals surface area (Å²) < 4.78 is 3.61. The number of benzene rings is 3. The first kappa shape index (κ1) is 27.0. The van der Waals surface area contributed by atoms with Crippen LogP contribution < -0.4 is 0 Å². The third-order valence-electron chi connectivity index (χ3n) is 10.8. The summed E-state index contributed by atoms with van der Waals surface area (Å²) in [5, 5.41) is 0. The Hall–Kier alpha value is -3.55. The largest absolute Gasteiger partial charge is 0.339 e. The van der Waals surface area contributed by atoms with Crippen LogP contribution in [-0.2, 0) is 5.41 Å². The molecule has 3 aliphatic rings. The fourth-order valence-electron chi connectivity index (χ4n) is 8.57. The van der Waals surface area contributed by atoms with Crippen molar-refractivity contribution < 1.29 is 4.79 Å². The number of imidazole rings is 1. The van der Waals surface area contributed by atoms with E-state index in [1.807, 2.05) is 23.7 Å². The van der Waals surface area contributed by atoms with Crippen LogP contribution in [0.4, 0.5) is 0 Å². The highest BCUT2D eigenvalue weighted by Crippen LogP contribution is 2.45. The van der Waals surface area contributed by atoms with Gasteiger partial charge in [-0.3, -0.25) is 9.69 Å². The number of amides is 1. The Balaban J connectivity index is 0.980. The maximum absolute atomic E-state index is 13.5. The van der Waals surface area contributed by atoms with Crippen molar-refractivity contribution in [1.29, 1.82) is 0 Å². The lowest BCUT2D eigenvalue weighted by molar-refractivity contribution is 0.0607. The van der Waals surface area contributed by atoms with E-state index in [-0.39, 0.29) is 11.3 Å². The van der Waals surface area contributed by atoms with Gasteiger partial charge in [-0.1, -0.05) is 42.5 Å². The molecule has 5 heterocycles. The van der Waals surface area contributed by atoms with E-state index in [1.54, 1.807) is 11.3 Å². The van der Waals surface area contributed by atoms with Crippen LogP contribution in [0.3, 0.4) is 0 Å². The molecule has 3 aromatic carbocycles. The lowest BCUT2D eigenvalue weighted by Crippen LogP contribution is -2.49. The number of para-hydroxylation sites is 2. The number of piperidine rings is 2. The van der Waals surface area contributed by atoms with Crippen LogP contribution in [0.2, 0.25) is 0 Å². The summed E-state index contributed by atoms with van der Waals surface area (Å²) in [7, 11) is 0. The minimum absolute atomic E-state index is 0.104. The Morgan fingerprint density at radius 1 is 0.907 bits per heavy atom. The molecule has 0 spiro atoms. The number of aromatic nitrogens is 3. The second-order valence-electron chi connectivity index (χ2n) is 13.0. The standard InChI is InChI=1S/C36H39N5OS/c1-25-38-31-9-5-6-10-33(31)41(25)30-22-28-12-13-29(23-30)40(28)20-17-36(27-7-3-2-4-8-27)15-18-39(19-16-36)35(42)26-11-14-32-34(21-26)43-24-37-32/h2-11,14,21,24,28-30H,12-13,15-20,22-23H2,1H3/t28-,29+,30+. The van der Waals surface area contributed by atoms with Gasteiger partial charge in [0.15, 0.2) is 0 Å². The molecule has 1 amide bonds. The lowest BCUT2D eigenvalue weighted by atomic mass is 9.70. The second kappa shape index (κ2) is 10.9. The Labute approximate surface area is 257 Å². The SMILES string of the molecule is Cc1nc2ccccc2n1[C@H]1C[C@H]2CC[C@@H](C1)N2CCC1(c2ccccc2)CCN(C(=O)c2ccc3ncsc3c2)CC1. The van der Waals surface area contributed by atoms with Crippen LogP contribution in [0, 0.1) is 6.92 Å². The van der Waals surface area contributed by atoms with Gasteiger partial charge in [0, 0.05) is 36.8 Å². The highest BCUT2D eigenvalue weighted by molar-refractivity contribution is 7.16. The summed E-state index contributed by atoms with van der Waals surface area (Å²) in [6, 6.07) is 27.5. The number of carbonyl (C=O) groups is 1. The minimum atomic E-state index is 0.104. The minimum Gasteiger partial charge on any atom is -0.339 e. The Morgan fingerprint density at radius 3 is 2.44 bits per heavy atom. The molecule has 8 rings (SSSR count). The molecule has 2 aromatic heterocycles. The fourth-order valence-corrected chi connectivity index (χ4v) is 9.29. The van der Waals surface area contributed by atoms with Gasteiger partial charge in [-0.15, -0.1) is 11.3 Å². The molecule has 3 saturated heterocycles. The Bertz CT molecular complexity index is 1750. The summed E-state index contributed by atoms with van der Waals surface area (Å²) in [5.74, 6) is 1.30. The number of hydrogen-bond donors (Lipinski definition) is 0. The monoisotopic (exact) mass is 589 g/mol. The van der Waals surface area contributed by atoms with E-state index in [2.05, 4.69) is 80.9 Å². The van der Waals surface area contributed by atoms with Gasteiger partial charge >= 0.3 is 0 Å². The predicted molar refractivity (Wildman–Crippen MR) is 174 cm³/mol. The molecule has 3 aliphatic heterocycles. The number of carbonyl (C=O) groups excluding carboxylic acids is 1. The number of fused-ring (bicyclic) bond motifs is 4. The number of likely N-dealkylation sites (tertiary alicyclic amines) is 1. The zero-order valence-corrected chi connectivity index (χ0v) is 25.7. The number of hydrogen-bond acceptors (Lipinski definition) is 5. The third kappa shape index (κ3) is 4.77. The summed E-state index contributed by atoms with van der Waals surface area (Å²) in [6.07, 6.45) is 8.20. The van der Waals surface area contributed by atoms with Gasteiger partial charge in [-0.05, 0) is 99.7 Å². The topological polar surface area (TPSA) is 54.3 Å². The van der Waals surface area contributed by atoms with Gasteiger partial charge in [0.1, 0.15) is 5.82 Å². The van der Waals surface area contributed by atoms with Crippen LogP contribution in [0.25, 0.3) is 21.3 Å². The van der Waals surface area contributed by atoms with E-state index in [1.165, 1.54) is 36.8 Å². The quantitative estimate of drug-likeness (QED) is 0.207. The Morgan fingerprint density at radius 2 is 1.65 bits per heavy atom. The van der Waals surface area contributed by atoms with Crippen molar-refractivity contribution in [3.05, 3.63) is 95.3 Å². The van der Waals surface area contributed by atoms with E-state index in [9.17, 15) is 4.79 Å². The van der Waals surface area contributed by atoms with E-state index >= 15 is 0 Å². The van der Waals surface area contributed by atoms with Crippen LogP contribution in [0.1, 0.15) is 72.7 Å².